The zero-order chi connectivity index (χ0) is 28.0. The number of anilines is 1. The number of amides is 1. The van der Waals surface area contributed by atoms with Gasteiger partial charge in [0.25, 0.3) is 5.91 Å². The number of aliphatic hydroxyl groups excluding tert-OH is 1. The predicted molar refractivity (Wildman–Crippen MR) is 156 cm³/mol. The van der Waals surface area contributed by atoms with Crippen molar-refractivity contribution >= 4 is 62.0 Å². The molecule has 1 atom stereocenters. The number of thioether (sulfide) groups is 1. The van der Waals surface area contributed by atoms with E-state index < -0.39 is 23.5 Å². The first kappa shape index (κ1) is 26.3. The number of aliphatic hydroxyl groups is 1. The second kappa shape index (κ2) is 10.6. The molecule has 0 fully saturated rings. The summed E-state index contributed by atoms with van der Waals surface area (Å²) >= 11 is 3.83. The van der Waals surface area contributed by atoms with Gasteiger partial charge in [0.05, 0.1) is 27.2 Å². The van der Waals surface area contributed by atoms with Gasteiger partial charge in [-0.15, -0.1) is 21.5 Å². The summed E-state index contributed by atoms with van der Waals surface area (Å²) in [6, 6.07) is 18.7. The molecule has 3 heterocycles. The van der Waals surface area contributed by atoms with Gasteiger partial charge in [-0.3, -0.25) is 14.5 Å². The number of carbonyl (C=O) groups excluding carboxylic acids is 2. The van der Waals surface area contributed by atoms with Gasteiger partial charge in [0, 0.05) is 5.75 Å². The maximum absolute atomic E-state index is 13.9. The smallest absolute Gasteiger partial charge is 0.296 e. The van der Waals surface area contributed by atoms with Gasteiger partial charge in [-0.25, -0.2) is 9.37 Å². The first-order valence-electron chi connectivity index (χ1n) is 12.3. The Bertz CT molecular complexity index is 1810. The Morgan fingerprint density at radius 2 is 1.77 bits per heavy atom. The van der Waals surface area contributed by atoms with E-state index in [1.165, 1.54) is 51.5 Å². The van der Waals surface area contributed by atoms with Gasteiger partial charge in [-0.05, 0) is 47.9 Å². The Morgan fingerprint density at radius 1 is 1.02 bits per heavy atom. The molecule has 5 aromatic rings. The highest BCUT2D eigenvalue weighted by Crippen LogP contribution is 2.46. The van der Waals surface area contributed by atoms with Crippen LogP contribution < -0.4 is 4.90 Å². The highest BCUT2D eigenvalue weighted by atomic mass is 32.2. The second-order valence-electron chi connectivity index (χ2n) is 9.15. The molecule has 2 aromatic heterocycles. The number of Topliss-reactive ketones (excluding diaryl/α,β-unsaturated/α-hetero) is 1. The third kappa shape index (κ3) is 4.70. The Labute approximate surface area is 241 Å². The van der Waals surface area contributed by atoms with E-state index in [9.17, 15) is 19.1 Å². The second-order valence-corrected chi connectivity index (χ2v) is 12.5. The zero-order valence-corrected chi connectivity index (χ0v) is 23.7. The lowest BCUT2D eigenvalue weighted by Gasteiger charge is -2.25. The number of benzene rings is 3. The van der Waals surface area contributed by atoms with Gasteiger partial charge in [0.1, 0.15) is 5.82 Å². The molecule has 40 heavy (non-hydrogen) atoms. The lowest BCUT2D eigenvalue weighted by Crippen LogP contribution is -2.31. The van der Waals surface area contributed by atoms with Crippen molar-refractivity contribution in [1.29, 1.82) is 0 Å². The molecule has 0 saturated heterocycles. The molecule has 3 aromatic carbocycles. The van der Waals surface area contributed by atoms with Crippen LogP contribution in [-0.2, 0) is 10.5 Å². The van der Waals surface area contributed by atoms with E-state index in [0.29, 0.717) is 26.2 Å². The third-order valence-corrected chi connectivity index (χ3v) is 9.76. The summed E-state index contributed by atoms with van der Waals surface area (Å²) in [7, 11) is 0. The molecule has 1 N–H and O–H groups in total. The minimum Gasteiger partial charge on any atom is -0.503 e. The maximum Gasteiger partial charge on any atom is 0.296 e. The highest BCUT2D eigenvalue weighted by molar-refractivity contribution is 8.00. The topological polar surface area (TPSA) is 96.3 Å². The Balaban J connectivity index is 1.42. The van der Waals surface area contributed by atoms with E-state index in [1.54, 1.807) is 19.1 Å². The van der Waals surface area contributed by atoms with Crippen molar-refractivity contribution in [2.75, 3.05) is 4.90 Å². The minimum atomic E-state index is -0.921. The Kier molecular flexibility index (Phi) is 6.95. The molecule has 0 bridgehead atoms. The lowest BCUT2D eigenvalue weighted by atomic mass is 9.91. The number of aryl methyl sites for hydroxylation is 2. The van der Waals surface area contributed by atoms with Crippen LogP contribution in [0.2, 0.25) is 0 Å². The number of hydrogen-bond donors (Lipinski definition) is 1. The normalized spacial score (nSPS) is 15.4. The average Bonchev–Trinajstić information content (AvgIpc) is 3.63. The SMILES string of the molecule is Cc1nc(C)c(C(=O)C2=C(O)C(=O)N(c3nnc(SCc4ccc(F)cc4)s3)C2c2cccc3ccccc23)s1. The fourth-order valence-corrected chi connectivity index (χ4v) is 7.46. The quantitative estimate of drug-likeness (QED) is 0.124. The van der Waals surface area contributed by atoms with Crippen LogP contribution in [-0.4, -0.2) is 32.0 Å². The van der Waals surface area contributed by atoms with E-state index in [1.807, 2.05) is 49.4 Å². The Hall–Kier alpha value is -3.93. The standard InChI is InChI=1S/C29H21FN4O3S3/c1-15-26(39-16(2)31-15)24(35)22-23(21-9-5-7-18-6-3-4-8-20(18)21)34(27(37)25(22)36)28-32-33-29(40-28)38-14-17-10-12-19(30)13-11-17/h3-13,23,36H,14H2,1-2H3. The molecule has 11 heteroatoms. The fraction of sp³-hybridized carbons (Fsp3) is 0.138. The number of nitrogens with zero attached hydrogens (tertiary/aromatic N) is 4. The van der Waals surface area contributed by atoms with E-state index in [-0.39, 0.29) is 16.5 Å². The van der Waals surface area contributed by atoms with Gasteiger partial charge in [0.2, 0.25) is 10.9 Å². The summed E-state index contributed by atoms with van der Waals surface area (Å²) in [5.74, 6) is -1.53. The number of fused-ring (bicyclic) bond motifs is 1. The molecule has 0 spiro atoms. The molecule has 1 unspecified atom stereocenters. The molecule has 0 aliphatic carbocycles. The largest absolute Gasteiger partial charge is 0.503 e. The van der Waals surface area contributed by atoms with E-state index >= 15 is 0 Å². The van der Waals surface area contributed by atoms with Crippen molar-refractivity contribution in [2.45, 2.75) is 30.0 Å². The summed E-state index contributed by atoms with van der Waals surface area (Å²) < 4.78 is 13.9. The van der Waals surface area contributed by atoms with Crippen LogP contribution in [0.5, 0.6) is 0 Å². The van der Waals surface area contributed by atoms with Crippen LogP contribution >= 0.6 is 34.4 Å². The number of aromatic nitrogens is 3. The molecule has 1 aliphatic heterocycles. The summed E-state index contributed by atoms with van der Waals surface area (Å²) in [6.45, 7) is 3.55. The predicted octanol–water partition coefficient (Wildman–Crippen LogP) is 6.98. The minimum absolute atomic E-state index is 0.0104. The van der Waals surface area contributed by atoms with E-state index in [0.717, 1.165) is 21.3 Å². The van der Waals surface area contributed by atoms with Gasteiger partial charge in [-0.1, -0.05) is 77.7 Å². The van der Waals surface area contributed by atoms with Crippen molar-refractivity contribution in [3.8, 4) is 0 Å². The van der Waals surface area contributed by atoms with Crippen molar-refractivity contribution in [3.63, 3.8) is 0 Å². The fourth-order valence-electron chi connectivity index (χ4n) is 4.77. The van der Waals surface area contributed by atoms with Gasteiger partial charge in [-0.2, -0.15) is 0 Å². The van der Waals surface area contributed by atoms with E-state index in [4.69, 9.17) is 0 Å². The van der Waals surface area contributed by atoms with E-state index in [2.05, 4.69) is 15.2 Å². The number of thiazole rings is 1. The van der Waals surface area contributed by atoms with Crippen molar-refractivity contribution in [2.24, 2.45) is 0 Å². The number of hydrogen-bond acceptors (Lipinski definition) is 9. The Morgan fingerprint density at radius 3 is 2.52 bits per heavy atom. The first-order chi connectivity index (χ1) is 19.3. The number of carbonyl (C=O) groups is 2. The molecule has 200 valence electrons. The van der Waals surface area contributed by atoms with Gasteiger partial charge >= 0.3 is 0 Å². The van der Waals surface area contributed by atoms with Gasteiger partial charge in [0.15, 0.2) is 10.1 Å². The highest BCUT2D eigenvalue weighted by Gasteiger charge is 2.47. The zero-order valence-electron chi connectivity index (χ0n) is 21.3. The summed E-state index contributed by atoms with van der Waals surface area (Å²) in [5, 5.41) is 22.5. The van der Waals surface area contributed by atoms with Crippen LogP contribution in [0.15, 0.2) is 82.4 Å². The number of rotatable bonds is 7. The summed E-state index contributed by atoms with van der Waals surface area (Å²) in [5.41, 5.74) is 2.14. The lowest BCUT2D eigenvalue weighted by molar-refractivity contribution is -0.117. The molecule has 7 nitrogen and oxygen atoms in total. The maximum atomic E-state index is 13.9. The average molecular weight is 589 g/mol. The molecule has 1 amide bonds. The number of halogens is 1. The summed E-state index contributed by atoms with van der Waals surface area (Å²) in [4.78, 5) is 33.7. The van der Waals surface area contributed by atoms with Crippen LogP contribution in [0.4, 0.5) is 9.52 Å². The van der Waals surface area contributed by atoms with Crippen LogP contribution in [0, 0.1) is 19.7 Å². The van der Waals surface area contributed by atoms with Gasteiger partial charge < -0.3 is 5.11 Å². The van der Waals surface area contributed by atoms with Crippen LogP contribution in [0.1, 0.15) is 37.5 Å². The molecule has 6 rings (SSSR count). The molecular formula is C29H21FN4O3S3. The molecule has 1 aliphatic rings. The molecule has 0 radical (unpaired) electrons. The van der Waals surface area contributed by atoms with Crippen molar-refractivity contribution < 1.29 is 19.1 Å². The monoisotopic (exact) mass is 588 g/mol. The van der Waals surface area contributed by atoms with Crippen molar-refractivity contribution in [1.82, 2.24) is 15.2 Å². The molecular weight excluding hydrogens is 568 g/mol. The first-order valence-corrected chi connectivity index (χ1v) is 14.9. The molecule has 0 saturated carbocycles. The summed E-state index contributed by atoms with van der Waals surface area (Å²) in [6.07, 6.45) is 0. The van der Waals surface area contributed by atoms with Crippen LogP contribution in [0.25, 0.3) is 10.8 Å². The van der Waals surface area contributed by atoms with Crippen molar-refractivity contribution in [3.05, 3.63) is 111 Å². The number of ketones is 1. The van der Waals surface area contributed by atoms with Crippen LogP contribution in [0.3, 0.4) is 0 Å². The third-order valence-electron chi connectivity index (χ3n) is 6.56.